The van der Waals surface area contributed by atoms with Crippen molar-refractivity contribution in [1.82, 2.24) is 24.5 Å². The van der Waals surface area contributed by atoms with Gasteiger partial charge in [-0.05, 0) is 142 Å². The van der Waals surface area contributed by atoms with Crippen LogP contribution in [0.15, 0.2) is 213 Å². The molecule has 0 N–H and O–H groups in total. The lowest BCUT2D eigenvalue weighted by molar-refractivity contribution is 0.661. The molecule has 5 nitrogen and oxygen atoms in total. The molecule has 0 aliphatic heterocycles. The van der Waals surface area contributed by atoms with E-state index in [4.69, 9.17) is 9.97 Å². The Morgan fingerprint density at radius 3 is 1.45 bits per heavy atom. The van der Waals surface area contributed by atoms with E-state index in [1.54, 1.807) is 0 Å². The van der Waals surface area contributed by atoms with Gasteiger partial charge in [-0.3, -0.25) is 9.97 Å². The Bertz CT molecular complexity index is 3440. The summed E-state index contributed by atoms with van der Waals surface area (Å²) in [7, 11) is 0. The first kappa shape index (κ1) is 37.5. The van der Waals surface area contributed by atoms with Gasteiger partial charge in [0.1, 0.15) is 0 Å². The summed E-state index contributed by atoms with van der Waals surface area (Å²) in [5.41, 5.74) is 21.0. The van der Waals surface area contributed by atoms with E-state index >= 15 is 0 Å². The summed E-state index contributed by atoms with van der Waals surface area (Å²) in [4.78, 5) is 18.7. The Hall–Kier alpha value is -8.28. The van der Waals surface area contributed by atoms with Gasteiger partial charge in [0.05, 0.1) is 33.8 Å². The van der Waals surface area contributed by atoms with Gasteiger partial charge in [-0.1, -0.05) is 105 Å². The first-order valence-corrected chi connectivity index (χ1v) is 21.8. The lowest BCUT2D eigenvalue weighted by Gasteiger charge is -2.22. The molecule has 5 aromatic heterocycles. The van der Waals surface area contributed by atoms with Gasteiger partial charge in [-0.25, -0.2) is 9.97 Å². The Kier molecular flexibility index (Phi) is 8.76. The Labute approximate surface area is 372 Å². The molecule has 64 heavy (non-hydrogen) atoms. The van der Waals surface area contributed by atoms with Gasteiger partial charge < -0.3 is 4.57 Å². The number of aromatic nitrogens is 5. The van der Waals surface area contributed by atoms with Crippen LogP contribution in [0.25, 0.3) is 106 Å². The first-order chi connectivity index (χ1) is 31.5. The molecule has 0 radical (unpaired) electrons. The fraction of sp³-hybridized carbons (Fsp3) is 0.0508. The molecule has 12 rings (SSSR count). The summed E-state index contributed by atoms with van der Waals surface area (Å²) in [6, 6.07) is 67.7. The summed E-state index contributed by atoms with van der Waals surface area (Å²) in [6.45, 7) is 4.72. The SMILES string of the molecule is CC1(C)c2ccccc2-c2cc3c4ccccc4n(-c4cc(-c5cccc(-c6cccc(-c7ccncc7)n6)c5)cc(-c5cccc(-c6cccc(-c7ccncc7)n6)c5)c4)c3cc21. The maximum absolute atomic E-state index is 5.12. The second kappa shape index (κ2) is 15.0. The molecule has 0 spiro atoms. The highest BCUT2D eigenvalue weighted by molar-refractivity contribution is 6.12. The second-order valence-electron chi connectivity index (χ2n) is 17.2. The Morgan fingerprint density at radius 1 is 0.344 bits per heavy atom. The maximum Gasteiger partial charge on any atom is 0.0710 e. The average molecular weight is 820 g/mol. The van der Waals surface area contributed by atoms with E-state index in [9.17, 15) is 0 Å². The lowest BCUT2D eigenvalue weighted by atomic mass is 9.82. The van der Waals surface area contributed by atoms with Crippen LogP contribution in [0.3, 0.4) is 0 Å². The zero-order valence-corrected chi connectivity index (χ0v) is 35.4. The van der Waals surface area contributed by atoms with Crippen LogP contribution in [0.4, 0.5) is 0 Å². The standard InChI is InChI=1S/C59H41N5/c1-59(2)51-17-5-3-15-47(51)49-36-50-48-16-4-6-22-57(48)64(58(50)37-52(49)59)46-34-44(40-11-7-13-42(31-40)55-20-9-18-53(62-55)38-23-27-60-28-24-38)33-45(35-46)41-12-8-14-43(32-41)56-21-10-19-54(63-56)39-25-29-61-30-26-39/h3-37H,1-2H3. The number of hydrogen-bond donors (Lipinski definition) is 0. The fourth-order valence-electron chi connectivity index (χ4n) is 9.79. The molecule has 11 aromatic rings. The average Bonchev–Trinajstić information content (AvgIpc) is 3.81. The van der Waals surface area contributed by atoms with Crippen LogP contribution >= 0.6 is 0 Å². The Morgan fingerprint density at radius 2 is 0.844 bits per heavy atom. The molecule has 0 saturated carbocycles. The molecular formula is C59H41N5. The quantitative estimate of drug-likeness (QED) is 0.161. The van der Waals surface area contributed by atoms with E-state index in [0.717, 1.165) is 73.0 Å². The monoisotopic (exact) mass is 819 g/mol. The van der Waals surface area contributed by atoms with E-state index < -0.39 is 0 Å². The zero-order valence-electron chi connectivity index (χ0n) is 35.4. The number of hydrogen-bond acceptors (Lipinski definition) is 4. The summed E-state index contributed by atoms with van der Waals surface area (Å²) >= 11 is 0. The van der Waals surface area contributed by atoms with Crippen molar-refractivity contribution in [1.29, 1.82) is 0 Å². The number of rotatable bonds is 7. The van der Waals surface area contributed by atoms with Gasteiger partial charge in [0.25, 0.3) is 0 Å². The van der Waals surface area contributed by atoms with Crippen molar-refractivity contribution in [2.24, 2.45) is 0 Å². The fourth-order valence-corrected chi connectivity index (χ4v) is 9.79. The molecule has 0 bridgehead atoms. The van der Waals surface area contributed by atoms with Gasteiger partial charge in [0.15, 0.2) is 0 Å². The number of fused-ring (bicyclic) bond motifs is 6. The topological polar surface area (TPSA) is 56.5 Å². The largest absolute Gasteiger partial charge is 0.309 e. The second-order valence-corrected chi connectivity index (χ2v) is 17.2. The van der Waals surface area contributed by atoms with Crippen LogP contribution in [0, 0.1) is 0 Å². The highest BCUT2D eigenvalue weighted by Crippen LogP contribution is 2.51. The zero-order chi connectivity index (χ0) is 42.8. The summed E-state index contributed by atoms with van der Waals surface area (Å²) < 4.78 is 2.48. The minimum absolute atomic E-state index is 0.138. The summed E-state index contributed by atoms with van der Waals surface area (Å²) in [5.74, 6) is 0. The van der Waals surface area contributed by atoms with Crippen LogP contribution < -0.4 is 0 Å². The predicted octanol–water partition coefficient (Wildman–Crippen LogP) is 14.7. The highest BCUT2D eigenvalue weighted by Gasteiger charge is 2.36. The van der Waals surface area contributed by atoms with Crippen LogP contribution in [-0.2, 0) is 5.41 Å². The summed E-state index contributed by atoms with van der Waals surface area (Å²) in [6.07, 6.45) is 7.24. The van der Waals surface area contributed by atoms with E-state index in [1.807, 2.05) is 49.1 Å². The van der Waals surface area contributed by atoms with Crippen LogP contribution in [0.5, 0.6) is 0 Å². The first-order valence-electron chi connectivity index (χ1n) is 21.8. The number of nitrogens with zero attached hydrogens (tertiary/aromatic N) is 5. The third kappa shape index (κ3) is 6.32. The normalized spacial score (nSPS) is 12.7. The molecular weight excluding hydrogens is 779 g/mol. The van der Waals surface area contributed by atoms with Gasteiger partial charge in [-0.15, -0.1) is 0 Å². The maximum atomic E-state index is 5.12. The lowest BCUT2D eigenvalue weighted by Crippen LogP contribution is -2.15. The minimum Gasteiger partial charge on any atom is -0.309 e. The third-order valence-electron chi connectivity index (χ3n) is 13.0. The van der Waals surface area contributed by atoms with Crippen LogP contribution in [0.1, 0.15) is 25.0 Å². The molecule has 1 aliphatic rings. The Balaban J connectivity index is 1.06. The summed E-state index contributed by atoms with van der Waals surface area (Å²) in [5, 5.41) is 2.48. The van der Waals surface area contributed by atoms with E-state index in [-0.39, 0.29) is 5.41 Å². The molecule has 302 valence electrons. The van der Waals surface area contributed by atoms with Gasteiger partial charge in [0.2, 0.25) is 0 Å². The van der Waals surface area contributed by atoms with Crippen molar-refractivity contribution in [2.45, 2.75) is 19.3 Å². The highest BCUT2D eigenvalue weighted by atomic mass is 15.0. The minimum atomic E-state index is -0.138. The number of para-hydroxylation sites is 1. The van der Waals surface area contributed by atoms with Crippen molar-refractivity contribution >= 4 is 21.8 Å². The number of pyridine rings is 4. The van der Waals surface area contributed by atoms with E-state index in [1.165, 1.54) is 44.1 Å². The third-order valence-corrected chi connectivity index (χ3v) is 13.0. The molecule has 0 amide bonds. The van der Waals surface area contributed by atoms with Gasteiger partial charge in [-0.2, -0.15) is 0 Å². The molecule has 1 aliphatic carbocycles. The van der Waals surface area contributed by atoms with Crippen molar-refractivity contribution < 1.29 is 0 Å². The molecule has 6 aromatic carbocycles. The van der Waals surface area contributed by atoms with E-state index in [2.05, 4.69) is 192 Å². The van der Waals surface area contributed by atoms with Crippen LogP contribution in [0.2, 0.25) is 0 Å². The molecule has 0 atom stereocenters. The van der Waals surface area contributed by atoms with Crippen molar-refractivity contribution in [3.05, 3.63) is 224 Å². The number of benzene rings is 6. The molecule has 0 fully saturated rings. The molecule has 5 heteroatoms. The van der Waals surface area contributed by atoms with E-state index in [0.29, 0.717) is 0 Å². The molecule has 0 saturated heterocycles. The van der Waals surface area contributed by atoms with Crippen molar-refractivity contribution in [3.8, 4) is 84.1 Å². The van der Waals surface area contributed by atoms with Gasteiger partial charge >= 0.3 is 0 Å². The van der Waals surface area contributed by atoms with Gasteiger partial charge in [0, 0.05) is 68.9 Å². The molecule has 5 heterocycles. The molecule has 0 unspecified atom stereocenters. The predicted molar refractivity (Wildman–Crippen MR) is 262 cm³/mol. The van der Waals surface area contributed by atoms with Crippen molar-refractivity contribution in [2.75, 3.05) is 0 Å². The van der Waals surface area contributed by atoms with Crippen molar-refractivity contribution in [3.63, 3.8) is 0 Å². The smallest absolute Gasteiger partial charge is 0.0710 e. The van der Waals surface area contributed by atoms with Crippen LogP contribution in [-0.4, -0.2) is 24.5 Å².